The molecule has 0 radical (unpaired) electrons. The third kappa shape index (κ3) is 3.41. The molecular formula is C29H22ClNO2S. The Morgan fingerprint density at radius 2 is 1.47 bits per heavy atom. The number of fused-ring (bicyclic) bond motifs is 3. The fourth-order valence-corrected chi connectivity index (χ4v) is 6.59. The molecule has 0 unspecified atom stereocenters. The Morgan fingerprint density at radius 3 is 2.21 bits per heavy atom. The fraction of sp³-hybridized carbons (Fsp3) is 0.138. The van der Waals surface area contributed by atoms with Crippen molar-refractivity contribution in [3.63, 3.8) is 0 Å². The summed E-state index contributed by atoms with van der Waals surface area (Å²) in [7, 11) is 0. The van der Waals surface area contributed by atoms with Gasteiger partial charge in [-0.1, -0.05) is 84.4 Å². The van der Waals surface area contributed by atoms with Crippen molar-refractivity contribution in [2.45, 2.75) is 28.2 Å². The number of para-hydroxylation sites is 2. The van der Waals surface area contributed by atoms with Crippen LogP contribution in [0.5, 0.6) is 5.75 Å². The molecule has 3 nitrogen and oxygen atoms in total. The number of carbonyl (C=O) groups is 1. The van der Waals surface area contributed by atoms with E-state index in [0.29, 0.717) is 17.2 Å². The van der Waals surface area contributed by atoms with Gasteiger partial charge in [-0.05, 0) is 53.9 Å². The number of amides is 1. The van der Waals surface area contributed by atoms with Gasteiger partial charge < -0.3 is 4.74 Å². The summed E-state index contributed by atoms with van der Waals surface area (Å²) in [6, 6.07) is 36.1. The summed E-state index contributed by atoms with van der Waals surface area (Å²) < 4.78 is 6.44. The maximum absolute atomic E-state index is 13.8. The first-order valence-electron chi connectivity index (χ1n) is 11.3. The highest BCUT2D eigenvalue weighted by atomic mass is 35.5. The monoisotopic (exact) mass is 483 g/mol. The van der Waals surface area contributed by atoms with E-state index in [4.69, 9.17) is 16.3 Å². The highest BCUT2D eigenvalue weighted by Gasteiger charge is 2.65. The van der Waals surface area contributed by atoms with Crippen molar-refractivity contribution < 1.29 is 9.53 Å². The molecule has 4 aromatic carbocycles. The van der Waals surface area contributed by atoms with Crippen molar-refractivity contribution in [2.75, 3.05) is 4.90 Å². The molecule has 2 heterocycles. The normalized spacial score (nSPS) is 23.3. The third-order valence-electron chi connectivity index (χ3n) is 6.66. The largest absolute Gasteiger partial charge is 0.478 e. The Labute approximate surface area is 208 Å². The van der Waals surface area contributed by atoms with E-state index in [1.54, 1.807) is 11.8 Å². The van der Waals surface area contributed by atoms with Crippen LogP contribution < -0.4 is 9.64 Å². The number of nitrogens with zero attached hydrogens (tertiary/aromatic N) is 1. The van der Waals surface area contributed by atoms with Gasteiger partial charge in [0.2, 0.25) is 6.10 Å². The Bertz CT molecular complexity index is 1330. The summed E-state index contributed by atoms with van der Waals surface area (Å²) >= 11 is 8.00. The molecule has 3 atom stereocenters. The van der Waals surface area contributed by atoms with E-state index >= 15 is 0 Å². The standard InChI is InChI=1S/C29H22ClNO2S/c30-22-17-15-20(16-18-22)26-19-29(21-9-3-1-4-10-21)27(33-23-11-5-2-6-12-23)28(32)31(29)24-13-7-8-14-25(24)34-26/h1-18,26-27H,19H2/t26-,27-,29+/m0/s1. The Kier molecular flexibility index (Phi) is 5.35. The van der Waals surface area contributed by atoms with E-state index in [1.165, 1.54) is 5.56 Å². The van der Waals surface area contributed by atoms with Crippen molar-refractivity contribution in [2.24, 2.45) is 0 Å². The number of hydrogen-bond acceptors (Lipinski definition) is 3. The van der Waals surface area contributed by atoms with Gasteiger partial charge in [-0.2, -0.15) is 0 Å². The molecule has 2 aliphatic rings. The zero-order valence-corrected chi connectivity index (χ0v) is 19.9. The lowest BCUT2D eigenvalue weighted by molar-refractivity contribution is -0.142. The smallest absolute Gasteiger partial charge is 0.271 e. The number of carbonyl (C=O) groups excluding carboxylic acids is 1. The van der Waals surface area contributed by atoms with Gasteiger partial charge in [0.1, 0.15) is 11.3 Å². The number of anilines is 1. The molecule has 1 amide bonds. The van der Waals surface area contributed by atoms with Crippen molar-refractivity contribution >= 4 is 35.0 Å². The number of hydrogen-bond donors (Lipinski definition) is 0. The number of thioether (sulfide) groups is 1. The van der Waals surface area contributed by atoms with Crippen LogP contribution in [-0.2, 0) is 10.3 Å². The second kappa shape index (κ2) is 8.53. The van der Waals surface area contributed by atoms with Crippen molar-refractivity contribution in [1.29, 1.82) is 0 Å². The maximum Gasteiger partial charge on any atom is 0.271 e. The van der Waals surface area contributed by atoms with E-state index in [9.17, 15) is 4.79 Å². The minimum absolute atomic E-state index is 0.0162. The number of benzene rings is 4. The molecule has 34 heavy (non-hydrogen) atoms. The van der Waals surface area contributed by atoms with Crippen molar-refractivity contribution in [1.82, 2.24) is 0 Å². The van der Waals surface area contributed by atoms with Gasteiger partial charge in [-0.25, -0.2) is 0 Å². The number of ether oxygens (including phenoxy) is 1. The maximum atomic E-state index is 13.8. The topological polar surface area (TPSA) is 29.5 Å². The molecule has 0 spiro atoms. The molecule has 0 aliphatic carbocycles. The predicted octanol–water partition coefficient (Wildman–Crippen LogP) is 7.27. The lowest BCUT2D eigenvalue weighted by atomic mass is 9.70. The van der Waals surface area contributed by atoms with Crippen LogP contribution >= 0.6 is 23.4 Å². The molecule has 6 rings (SSSR count). The number of halogens is 1. The van der Waals surface area contributed by atoms with Gasteiger partial charge in [0.05, 0.1) is 5.69 Å². The summed E-state index contributed by atoms with van der Waals surface area (Å²) in [5, 5.41) is 0.824. The SMILES string of the molecule is O=C1[C@H](Oc2ccccc2)[C@]2(c3ccccc3)C[C@@H](c3ccc(Cl)cc3)Sc3ccccc3N12. The summed E-state index contributed by atoms with van der Waals surface area (Å²) in [5.74, 6) is 0.682. The van der Waals surface area contributed by atoms with Crippen LogP contribution in [0.25, 0.3) is 0 Å². The van der Waals surface area contributed by atoms with Gasteiger partial charge in [0.25, 0.3) is 5.91 Å². The third-order valence-corrected chi connectivity index (χ3v) is 8.24. The highest BCUT2D eigenvalue weighted by molar-refractivity contribution is 7.99. The van der Waals surface area contributed by atoms with Crippen LogP contribution in [-0.4, -0.2) is 12.0 Å². The lowest BCUT2D eigenvalue weighted by Gasteiger charge is -2.57. The van der Waals surface area contributed by atoms with Gasteiger partial charge in [0, 0.05) is 15.2 Å². The Balaban J connectivity index is 1.54. The van der Waals surface area contributed by atoms with Crippen LogP contribution in [0, 0.1) is 0 Å². The molecule has 4 aromatic rings. The minimum atomic E-state index is -0.641. The average Bonchev–Trinajstić information content (AvgIpc) is 3.02. The van der Waals surface area contributed by atoms with E-state index in [-0.39, 0.29) is 11.2 Å². The van der Waals surface area contributed by atoms with Gasteiger partial charge in [-0.15, -0.1) is 11.8 Å². The second-order valence-corrected chi connectivity index (χ2v) is 10.3. The van der Waals surface area contributed by atoms with Crippen LogP contribution in [0.1, 0.15) is 22.8 Å². The zero-order valence-electron chi connectivity index (χ0n) is 18.3. The molecule has 168 valence electrons. The first-order chi connectivity index (χ1) is 16.7. The highest BCUT2D eigenvalue weighted by Crippen LogP contribution is 2.59. The Morgan fingerprint density at radius 1 is 0.824 bits per heavy atom. The molecule has 2 aliphatic heterocycles. The van der Waals surface area contributed by atoms with E-state index in [0.717, 1.165) is 16.1 Å². The molecular weight excluding hydrogens is 462 g/mol. The van der Waals surface area contributed by atoms with E-state index in [1.807, 2.05) is 83.8 Å². The minimum Gasteiger partial charge on any atom is -0.478 e. The van der Waals surface area contributed by atoms with Crippen LogP contribution in [0.3, 0.4) is 0 Å². The van der Waals surface area contributed by atoms with Crippen LogP contribution in [0.15, 0.2) is 114 Å². The molecule has 0 bridgehead atoms. The summed E-state index contributed by atoms with van der Waals surface area (Å²) in [6.07, 6.45) is 0.0835. The van der Waals surface area contributed by atoms with Gasteiger partial charge >= 0.3 is 0 Å². The quantitative estimate of drug-likeness (QED) is 0.286. The van der Waals surface area contributed by atoms with Gasteiger partial charge in [0.15, 0.2) is 0 Å². The van der Waals surface area contributed by atoms with Gasteiger partial charge in [-0.3, -0.25) is 9.69 Å². The molecule has 0 aromatic heterocycles. The average molecular weight is 484 g/mol. The molecule has 0 N–H and O–H groups in total. The Hall–Kier alpha value is -3.21. The second-order valence-electron chi connectivity index (χ2n) is 8.60. The molecule has 0 saturated carbocycles. The van der Waals surface area contributed by atoms with E-state index in [2.05, 4.69) is 30.3 Å². The predicted molar refractivity (Wildman–Crippen MR) is 138 cm³/mol. The summed E-state index contributed by atoms with van der Waals surface area (Å²) in [4.78, 5) is 16.8. The number of β-lactam (4-membered cyclic amide) rings is 1. The lowest BCUT2D eigenvalue weighted by Crippen LogP contribution is -2.74. The van der Waals surface area contributed by atoms with Crippen molar-refractivity contribution in [3.05, 3.63) is 125 Å². The van der Waals surface area contributed by atoms with E-state index < -0.39 is 11.6 Å². The van der Waals surface area contributed by atoms with Crippen molar-refractivity contribution in [3.8, 4) is 5.75 Å². The van der Waals surface area contributed by atoms with Crippen LogP contribution in [0.4, 0.5) is 5.69 Å². The fourth-order valence-electron chi connectivity index (χ4n) is 5.09. The first kappa shape index (κ1) is 21.3. The molecule has 5 heteroatoms. The summed E-state index contributed by atoms with van der Waals surface area (Å²) in [5.41, 5.74) is 2.55. The first-order valence-corrected chi connectivity index (χ1v) is 12.5. The summed E-state index contributed by atoms with van der Waals surface area (Å²) in [6.45, 7) is 0. The van der Waals surface area contributed by atoms with Crippen LogP contribution in [0.2, 0.25) is 5.02 Å². The molecule has 1 saturated heterocycles. The zero-order chi connectivity index (χ0) is 23.1. The molecule has 1 fully saturated rings. The number of rotatable bonds is 4.